The number of aromatic nitrogens is 1. The second-order valence-corrected chi connectivity index (χ2v) is 5.60. The van der Waals surface area contributed by atoms with E-state index in [1.165, 1.54) is 0 Å². The molecule has 106 valence electrons. The number of rotatable bonds is 4. The molecule has 4 nitrogen and oxygen atoms in total. The molecule has 0 aromatic carbocycles. The highest BCUT2D eigenvalue weighted by Gasteiger charge is 2.34. The lowest BCUT2D eigenvalue weighted by Gasteiger charge is -2.22. The SMILES string of the molecule is Cc1cc(C(=O)N(Cc2cccn2C)C2CC2)c(C)o1. The third-order valence-corrected chi connectivity index (χ3v) is 3.90. The van der Waals surface area contributed by atoms with Gasteiger partial charge in [-0.15, -0.1) is 0 Å². The minimum Gasteiger partial charge on any atom is -0.466 e. The molecule has 1 aliphatic carbocycles. The number of carbonyl (C=O) groups excluding carboxylic acids is 1. The van der Waals surface area contributed by atoms with Gasteiger partial charge in [-0.2, -0.15) is 0 Å². The lowest BCUT2D eigenvalue weighted by Crippen LogP contribution is -2.33. The Kier molecular flexibility index (Phi) is 3.16. The summed E-state index contributed by atoms with van der Waals surface area (Å²) in [6.07, 6.45) is 4.22. The van der Waals surface area contributed by atoms with E-state index in [1.54, 1.807) is 0 Å². The molecule has 1 fully saturated rings. The van der Waals surface area contributed by atoms with Crippen molar-refractivity contribution in [3.05, 3.63) is 47.2 Å². The van der Waals surface area contributed by atoms with Gasteiger partial charge < -0.3 is 13.9 Å². The van der Waals surface area contributed by atoms with Crippen LogP contribution in [0.2, 0.25) is 0 Å². The lowest BCUT2D eigenvalue weighted by atomic mass is 10.2. The van der Waals surface area contributed by atoms with Crippen molar-refractivity contribution in [3.8, 4) is 0 Å². The Morgan fingerprint density at radius 1 is 1.45 bits per heavy atom. The van der Waals surface area contributed by atoms with E-state index in [0.29, 0.717) is 23.9 Å². The molecule has 3 rings (SSSR count). The molecule has 0 atom stereocenters. The Hall–Kier alpha value is -1.97. The number of aryl methyl sites for hydroxylation is 3. The number of hydrogen-bond donors (Lipinski definition) is 0. The molecule has 0 spiro atoms. The van der Waals surface area contributed by atoms with Crippen molar-refractivity contribution >= 4 is 5.91 Å². The van der Waals surface area contributed by atoms with E-state index in [4.69, 9.17) is 4.42 Å². The van der Waals surface area contributed by atoms with Gasteiger partial charge in [0.05, 0.1) is 12.1 Å². The maximum Gasteiger partial charge on any atom is 0.258 e. The van der Waals surface area contributed by atoms with Crippen LogP contribution in [0.5, 0.6) is 0 Å². The fourth-order valence-electron chi connectivity index (χ4n) is 2.59. The van der Waals surface area contributed by atoms with Crippen LogP contribution >= 0.6 is 0 Å². The van der Waals surface area contributed by atoms with E-state index >= 15 is 0 Å². The van der Waals surface area contributed by atoms with Crippen molar-refractivity contribution in [3.63, 3.8) is 0 Å². The van der Waals surface area contributed by atoms with Crippen LogP contribution in [0.15, 0.2) is 28.8 Å². The second-order valence-electron chi connectivity index (χ2n) is 5.60. The van der Waals surface area contributed by atoms with Gasteiger partial charge in [-0.1, -0.05) is 0 Å². The van der Waals surface area contributed by atoms with Gasteiger partial charge in [0, 0.05) is 25.0 Å². The van der Waals surface area contributed by atoms with E-state index in [0.717, 1.165) is 24.3 Å². The second kappa shape index (κ2) is 4.85. The summed E-state index contributed by atoms with van der Waals surface area (Å²) in [4.78, 5) is 14.7. The first-order valence-electron chi connectivity index (χ1n) is 7.04. The third kappa shape index (κ3) is 2.38. The summed E-state index contributed by atoms with van der Waals surface area (Å²) in [5.41, 5.74) is 1.85. The molecule has 0 bridgehead atoms. The van der Waals surface area contributed by atoms with Crippen molar-refractivity contribution in [2.75, 3.05) is 0 Å². The van der Waals surface area contributed by atoms with Gasteiger partial charge in [-0.3, -0.25) is 4.79 Å². The molecule has 0 unspecified atom stereocenters. The quantitative estimate of drug-likeness (QED) is 0.858. The van der Waals surface area contributed by atoms with Crippen molar-refractivity contribution in [1.29, 1.82) is 0 Å². The fraction of sp³-hybridized carbons (Fsp3) is 0.438. The average Bonchev–Trinajstić information content (AvgIpc) is 3.08. The van der Waals surface area contributed by atoms with Gasteiger partial charge in [0.1, 0.15) is 11.5 Å². The Morgan fingerprint density at radius 3 is 2.70 bits per heavy atom. The highest BCUT2D eigenvalue weighted by molar-refractivity contribution is 5.95. The first kappa shape index (κ1) is 13.0. The van der Waals surface area contributed by atoms with Crippen molar-refractivity contribution in [2.24, 2.45) is 7.05 Å². The normalized spacial score (nSPS) is 14.6. The molecule has 1 aliphatic rings. The number of amides is 1. The first-order valence-corrected chi connectivity index (χ1v) is 7.04. The van der Waals surface area contributed by atoms with Crippen LogP contribution in [0.1, 0.15) is 40.4 Å². The highest BCUT2D eigenvalue weighted by Crippen LogP contribution is 2.31. The molecule has 0 radical (unpaired) electrons. The highest BCUT2D eigenvalue weighted by atomic mass is 16.3. The summed E-state index contributed by atoms with van der Waals surface area (Å²) in [7, 11) is 2.01. The largest absolute Gasteiger partial charge is 0.466 e. The molecule has 0 N–H and O–H groups in total. The molecule has 2 aromatic heterocycles. The van der Waals surface area contributed by atoms with Crippen molar-refractivity contribution in [1.82, 2.24) is 9.47 Å². The van der Waals surface area contributed by atoms with Crippen molar-refractivity contribution < 1.29 is 9.21 Å². The summed E-state index contributed by atoms with van der Waals surface area (Å²) in [6, 6.07) is 6.30. The predicted molar refractivity (Wildman–Crippen MR) is 76.5 cm³/mol. The van der Waals surface area contributed by atoms with Gasteiger partial charge in [-0.25, -0.2) is 0 Å². The summed E-state index contributed by atoms with van der Waals surface area (Å²) in [5.74, 6) is 1.59. The van der Waals surface area contributed by atoms with Gasteiger partial charge in [0.15, 0.2) is 0 Å². The maximum atomic E-state index is 12.8. The number of nitrogens with zero attached hydrogens (tertiary/aromatic N) is 2. The molecule has 0 saturated heterocycles. The predicted octanol–water partition coefficient (Wildman–Crippen LogP) is 3.04. The zero-order valence-electron chi connectivity index (χ0n) is 12.2. The van der Waals surface area contributed by atoms with Crippen molar-refractivity contribution in [2.45, 2.75) is 39.3 Å². The zero-order chi connectivity index (χ0) is 14.3. The smallest absolute Gasteiger partial charge is 0.258 e. The Labute approximate surface area is 119 Å². The van der Waals surface area contributed by atoms with Gasteiger partial charge in [0.25, 0.3) is 5.91 Å². The van der Waals surface area contributed by atoms with Crippen LogP contribution in [0.25, 0.3) is 0 Å². The first-order chi connectivity index (χ1) is 9.56. The molecule has 1 amide bonds. The standard InChI is InChI=1S/C16H20N2O2/c1-11-9-15(12(2)20-11)16(19)18(13-6-7-13)10-14-5-4-8-17(14)3/h4-5,8-9,13H,6-7,10H2,1-3H3. The van der Waals surface area contributed by atoms with E-state index < -0.39 is 0 Å². The van der Waals surface area contributed by atoms with E-state index in [-0.39, 0.29) is 5.91 Å². The molecule has 20 heavy (non-hydrogen) atoms. The average molecular weight is 272 g/mol. The van der Waals surface area contributed by atoms with Gasteiger partial charge in [0.2, 0.25) is 0 Å². The fourth-order valence-corrected chi connectivity index (χ4v) is 2.59. The topological polar surface area (TPSA) is 38.4 Å². The van der Waals surface area contributed by atoms with Gasteiger partial charge in [-0.05, 0) is 44.9 Å². The van der Waals surface area contributed by atoms with Crippen LogP contribution in [0.3, 0.4) is 0 Å². The van der Waals surface area contributed by atoms with Crippen LogP contribution in [-0.4, -0.2) is 21.4 Å². The molecular formula is C16H20N2O2. The lowest BCUT2D eigenvalue weighted by molar-refractivity contribution is 0.0724. The molecular weight excluding hydrogens is 252 g/mol. The summed E-state index contributed by atoms with van der Waals surface area (Å²) >= 11 is 0. The maximum absolute atomic E-state index is 12.8. The van der Waals surface area contributed by atoms with Crippen LogP contribution < -0.4 is 0 Å². The Bertz CT molecular complexity index is 635. The van der Waals surface area contributed by atoms with Crippen LogP contribution in [0.4, 0.5) is 0 Å². The van der Waals surface area contributed by atoms with E-state index in [1.807, 2.05) is 44.1 Å². The summed E-state index contributed by atoms with van der Waals surface area (Å²) in [5, 5.41) is 0. The molecule has 4 heteroatoms. The monoisotopic (exact) mass is 272 g/mol. The van der Waals surface area contributed by atoms with Crippen LogP contribution in [-0.2, 0) is 13.6 Å². The molecule has 0 aliphatic heterocycles. The number of furan rings is 1. The van der Waals surface area contributed by atoms with Crippen LogP contribution in [0, 0.1) is 13.8 Å². The number of hydrogen-bond acceptors (Lipinski definition) is 2. The molecule has 2 aromatic rings. The Balaban J connectivity index is 1.85. The minimum atomic E-state index is 0.0862. The Morgan fingerprint density at radius 2 is 2.20 bits per heavy atom. The summed E-state index contributed by atoms with van der Waals surface area (Å²) in [6.45, 7) is 4.40. The third-order valence-electron chi connectivity index (χ3n) is 3.90. The van der Waals surface area contributed by atoms with Gasteiger partial charge >= 0.3 is 0 Å². The molecule has 2 heterocycles. The number of carbonyl (C=O) groups is 1. The molecule has 1 saturated carbocycles. The summed E-state index contributed by atoms with van der Waals surface area (Å²) < 4.78 is 7.56. The van der Waals surface area contributed by atoms with E-state index in [2.05, 4.69) is 10.6 Å². The van der Waals surface area contributed by atoms with E-state index in [9.17, 15) is 4.79 Å². The minimum absolute atomic E-state index is 0.0862. The zero-order valence-corrected chi connectivity index (χ0v) is 12.2.